The van der Waals surface area contributed by atoms with Gasteiger partial charge in [0.1, 0.15) is 5.82 Å². The van der Waals surface area contributed by atoms with Crippen LogP contribution in [0.4, 0.5) is 52.7 Å². The average Bonchev–Trinajstić information content (AvgIpc) is 2.52. The highest BCUT2D eigenvalue weighted by atomic mass is 19.4. The van der Waals surface area contributed by atoms with Crippen molar-refractivity contribution in [2.24, 2.45) is 0 Å². The molecule has 1 aromatic carbocycles. The van der Waals surface area contributed by atoms with Gasteiger partial charge in [-0.2, -0.15) is 43.9 Å². The molecule has 0 heterocycles. The maximum Gasteiger partial charge on any atom is 0.384 e. The van der Waals surface area contributed by atoms with Crippen molar-refractivity contribution < 1.29 is 57.8 Å². The van der Waals surface area contributed by atoms with Gasteiger partial charge in [0, 0.05) is 6.42 Å². The van der Waals surface area contributed by atoms with Crippen LogP contribution in [-0.2, 0) is 5.60 Å². The molecular formula is C15H10F12O. The number of hydrogen-bond acceptors (Lipinski definition) is 1. The van der Waals surface area contributed by atoms with Gasteiger partial charge in [-0.1, -0.05) is 12.1 Å². The summed E-state index contributed by atoms with van der Waals surface area (Å²) in [5.41, 5.74) is -10.4. The average molecular weight is 434 g/mol. The third-order valence-electron chi connectivity index (χ3n) is 4.63. The summed E-state index contributed by atoms with van der Waals surface area (Å²) in [5.74, 6) is -36.8. The van der Waals surface area contributed by atoms with E-state index in [1.807, 2.05) is 0 Å². The zero-order valence-electron chi connectivity index (χ0n) is 13.5. The van der Waals surface area contributed by atoms with Gasteiger partial charge in [0.25, 0.3) is 5.67 Å². The van der Waals surface area contributed by atoms with Crippen molar-refractivity contribution in [2.45, 2.75) is 54.2 Å². The lowest BCUT2D eigenvalue weighted by Gasteiger charge is -2.53. The summed E-state index contributed by atoms with van der Waals surface area (Å²) in [5, 5.41) is 10.0. The molecule has 160 valence electrons. The topological polar surface area (TPSA) is 20.2 Å². The molecule has 2 rings (SSSR count). The molecule has 0 aliphatic heterocycles. The zero-order chi connectivity index (χ0) is 22.2. The molecule has 1 nitrogen and oxygen atoms in total. The van der Waals surface area contributed by atoms with E-state index in [2.05, 4.69) is 0 Å². The van der Waals surface area contributed by atoms with Crippen molar-refractivity contribution in [1.82, 2.24) is 0 Å². The van der Waals surface area contributed by atoms with Crippen LogP contribution < -0.4 is 0 Å². The predicted molar refractivity (Wildman–Crippen MR) is 69.2 cm³/mol. The molecule has 1 saturated carbocycles. The Morgan fingerprint density at radius 1 is 0.679 bits per heavy atom. The number of alkyl halides is 11. The lowest BCUT2D eigenvalue weighted by molar-refractivity contribution is -0.488. The smallest absolute Gasteiger partial charge is 0.384 e. The maximum atomic E-state index is 14.7. The van der Waals surface area contributed by atoms with Crippen LogP contribution in [0.2, 0.25) is 0 Å². The van der Waals surface area contributed by atoms with E-state index in [9.17, 15) is 57.8 Å². The van der Waals surface area contributed by atoms with E-state index in [0.29, 0.717) is 31.2 Å². The van der Waals surface area contributed by atoms with Crippen LogP contribution in [0.1, 0.15) is 18.9 Å². The molecule has 0 bridgehead atoms. The first kappa shape index (κ1) is 22.6. The standard InChI is InChI=1S/C15H10F12O/c1-9(28,7-2-4-8(16)5-3-7)6-10(17)11(18,19)13(22,23)15(26,27)14(24,25)12(10,20)21/h2-5,28H,6H2,1H3. The highest BCUT2D eigenvalue weighted by Gasteiger charge is 3.01. The monoisotopic (exact) mass is 434 g/mol. The Morgan fingerprint density at radius 2 is 1.00 bits per heavy atom. The minimum atomic E-state index is -7.32. The maximum absolute atomic E-state index is 14.7. The minimum Gasteiger partial charge on any atom is -0.385 e. The summed E-state index contributed by atoms with van der Waals surface area (Å²) < 4.78 is 163. The van der Waals surface area contributed by atoms with Crippen LogP contribution in [-0.4, -0.2) is 40.4 Å². The summed E-state index contributed by atoms with van der Waals surface area (Å²) in [7, 11) is 0. The summed E-state index contributed by atoms with van der Waals surface area (Å²) in [6.45, 7) is 0.302. The van der Waals surface area contributed by atoms with Gasteiger partial charge in [0.05, 0.1) is 5.60 Å². The molecule has 0 saturated heterocycles. The van der Waals surface area contributed by atoms with Gasteiger partial charge in [-0.3, -0.25) is 0 Å². The normalized spacial score (nSPS) is 28.4. The van der Waals surface area contributed by atoms with Gasteiger partial charge in [-0.25, -0.2) is 8.78 Å². The number of benzene rings is 1. The van der Waals surface area contributed by atoms with Crippen LogP contribution in [0.25, 0.3) is 0 Å². The molecule has 1 aliphatic rings. The SMILES string of the molecule is CC(O)(CC1(F)C(F)(F)C(F)(F)C(F)(F)C(F)(F)C1(F)F)c1ccc(F)cc1. The van der Waals surface area contributed by atoms with Crippen LogP contribution >= 0.6 is 0 Å². The van der Waals surface area contributed by atoms with Crippen molar-refractivity contribution in [3.05, 3.63) is 35.6 Å². The van der Waals surface area contributed by atoms with Crippen LogP contribution in [0, 0.1) is 5.82 Å². The second kappa shape index (κ2) is 5.70. The second-order valence-corrected chi connectivity index (χ2v) is 6.63. The molecule has 1 aromatic rings. The highest BCUT2D eigenvalue weighted by molar-refractivity contribution is 5.30. The Hall–Kier alpha value is -1.66. The minimum absolute atomic E-state index is 0.302. The third-order valence-corrected chi connectivity index (χ3v) is 4.63. The molecule has 1 unspecified atom stereocenters. The molecule has 0 amide bonds. The van der Waals surface area contributed by atoms with Crippen molar-refractivity contribution in [1.29, 1.82) is 0 Å². The quantitative estimate of drug-likeness (QED) is 0.639. The van der Waals surface area contributed by atoms with Crippen LogP contribution in [0.5, 0.6) is 0 Å². The summed E-state index contributed by atoms with van der Waals surface area (Å²) in [6, 6.07) is 2.15. The fourth-order valence-corrected chi connectivity index (χ4v) is 2.89. The summed E-state index contributed by atoms with van der Waals surface area (Å²) in [4.78, 5) is 0. The molecule has 1 atom stereocenters. The van der Waals surface area contributed by atoms with E-state index in [4.69, 9.17) is 0 Å². The Balaban J connectivity index is 2.70. The zero-order valence-corrected chi connectivity index (χ0v) is 13.5. The van der Waals surface area contributed by atoms with Gasteiger partial charge in [-0.15, -0.1) is 0 Å². The molecule has 13 heteroatoms. The van der Waals surface area contributed by atoms with E-state index in [1.165, 1.54) is 0 Å². The Bertz CT molecular complexity index is 723. The Labute approximate surface area is 148 Å². The summed E-state index contributed by atoms with van der Waals surface area (Å²) in [6.07, 6.45) is -2.84. The molecule has 0 radical (unpaired) electrons. The van der Waals surface area contributed by atoms with Gasteiger partial charge < -0.3 is 5.11 Å². The lowest BCUT2D eigenvalue weighted by Crippen LogP contribution is -2.84. The Kier molecular flexibility index (Phi) is 4.60. The summed E-state index contributed by atoms with van der Waals surface area (Å²) >= 11 is 0. The van der Waals surface area contributed by atoms with Crippen molar-refractivity contribution in [2.75, 3.05) is 0 Å². The van der Waals surface area contributed by atoms with E-state index in [0.717, 1.165) is 0 Å². The van der Waals surface area contributed by atoms with E-state index in [-0.39, 0.29) is 0 Å². The number of aliphatic hydroxyl groups is 1. The second-order valence-electron chi connectivity index (χ2n) is 6.63. The largest absolute Gasteiger partial charge is 0.385 e. The number of halogens is 12. The number of rotatable bonds is 3. The molecular weight excluding hydrogens is 424 g/mol. The molecule has 0 spiro atoms. The molecule has 1 fully saturated rings. The first-order valence-electron chi connectivity index (χ1n) is 7.27. The molecule has 1 N–H and O–H groups in total. The molecule has 0 aromatic heterocycles. The fourth-order valence-electron chi connectivity index (χ4n) is 2.89. The predicted octanol–water partition coefficient (Wildman–Crippen LogP) is 5.32. The first-order chi connectivity index (χ1) is 12.2. The van der Waals surface area contributed by atoms with Gasteiger partial charge in [0.2, 0.25) is 0 Å². The van der Waals surface area contributed by atoms with Crippen molar-refractivity contribution >= 4 is 0 Å². The van der Waals surface area contributed by atoms with Gasteiger partial charge in [-0.05, 0) is 24.6 Å². The lowest BCUT2D eigenvalue weighted by atomic mass is 9.67. The van der Waals surface area contributed by atoms with Crippen LogP contribution in [0.3, 0.4) is 0 Å². The highest BCUT2D eigenvalue weighted by Crippen LogP contribution is 2.71. The number of hydrogen-bond donors (Lipinski definition) is 1. The van der Waals surface area contributed by atoms with Crippen molar-refractivity contribution in [3.8, 4) is 0 Å². The third kappa shape index (κ3) is 2.40. The first-order valence-corrected chi connectivity index (χ1v) is 7.27. The van der Waals surface area contributed by atoms with Gasteiger partial charge >= 0.3 is 29.6 Å². The van der Waals surface area contributed by atoms with Crippen molar-refractivity contribution in [3.63, 3.8) is 0 Å². The molecule has 28 heavy (non-hydrogen) atoms. The van der Waals surface area contributed by atoms with E-state index in [1.54, 1.807) is 0 Å². The molecule has 1 aliphatic carbocycles. The van der Waals surface area contributed by atoms with E-state index < -0.39 is 58.7 Å². The fraction of sp³-hybridized carbons (Fsp3) is 0.600. The van der Waals surface area contributed by atoms with E-state index >= 15 is 0 Å². The van der Waals surface area contributed by atoms with Crippen LogP contribution in [0.15, 0.2) is 24.3 Å². The van der Waals surface area contributed by atoms with Gasteiger partial charge in [0.15, 0.2) is 0 Å². The Morgan fingerprint density at radius 3 is 1.36 bits per heavy atom.